The van der Waals surface area contributed by atoms with Gasteiger partial charge in [0.2, 0.25) is 9.84 Å². The van der Waals surface area contributed by atoms with E-state index in [0.29, 0.717) is 0 Å². The molecule has 7 nitrogen and oxygen atoms in total. The summed E-state index contributed by atoms with van der Waals surface area (Å²) in [4.78, 5) is 22.3. The van der Waals surface area contributed by atoms with E-state index in [1.54, 1.807) is 6.92 Å². The molecule has 0 saturated carbocycles. The second-order valence-electron chi connectivity index (χ2n) is 5.44. The van der Waals surface area contributed by atoms with Crippen LogP contribution >= 0.6 is 0 Å². The van der Waals surface area contributed by atoms with E-state index in [9.17, 15) is 23.1 Å². The zero-order valence-corrected chi connectivity index (χ0v) is 14.8. The van der Waals surface area contributed by atoms with E-state index in [0.717, 1.165) is 0 Å². The number of carboxylic acids is 1. The molecule has 0 fully saturated rings. The minimum Gasteiger partial charge on any atom is -0.508 e. The number of carbonyl (C=O) groups is 2. The quantitative estimate of drug-likeness (QED) is 0.710. The molecule has 0 spiro atoms. The van der Waals surface area contributed by atoms with Gasteiger partial charge in [-0.05, 0) is 55.3 Å². The molecule has 2 aromatic rings. The Balaban J connectivity index is 2.41. The fourth-order valence-corrected chi connectivity index (χ4v) is 3.67. The third kappa shape index (κ3) is 4.40. The molecule has 0 radical (unpaired) electrons. The second kappa shape index (κ2) is 8.01. The first kappa shape index (κ1) is 19.5. The lowest BCUT2D eigenvalue weighted by Gasteiger charge is -2.09. The molecule has 0 heterocycles. The van der Waals surface area contributed by atoms with Crippen LogP contribution in [-0.4, -0.2) is 37.2 Å². The van der Waals surface area contributed by atoms with E-state index in [2.05, 4.69) is 0 Å². The van der Waals surface area contributed by atoms with E-state index < -0.39 is 21.8 Å². The summed E-state index contributed by atoms with van der Waals surface area (Å²) in [6.07, 6.45) is -0.247. The van der Waals surface area contributed by atoms with E-state index in [1.165, 1.54) is 42.5 Å². The first-order valence-electron chi connectivity index (χ1n) is 7.81. The summed E-state index contributed by atoms with van der Waals surface area (Å²) in [5, 5.41) is 18.6. The summed E-state index contributed by atoms with van der Waals surface area (Å²) in [6.45, 7) is 1.81. The van der Waals surface area contributed by atoms with Crippen molar-refractivity contribution in [1.82, 2.24) is 0 Å². The lowest BCUT2D eigenvalue weighted by atomic mass is 10.1. The van der Waals surface area contributed by atoms with Gasteiger partial charge < -0.3 is 14.9 Å². The monoisotopic (exact) mass is 378 g/mol. The number of benzene rings is 2. The summed E-state index contributed by atoms with van der Waals surface area (Å²) < 4.78 is 30.5. The minimum atomic E-state index is -3.95. The number of esters is 1. The molecule has 0 aliphatic heterocycles. The Morgan fingerprint density at radius 1 is 1.08 bits per heavy atom. The molecule has 8 heteroatoms. The van der Waals surface area contributed by atoms with E-state index in [1.807, 2.05) is 0 Å². The van der Waals surface area contributed by atoms with Crippen LogP contribution in [0.3, 0.4) is 0 Å². The highest BCUT2D eigenvalue weighted by atomic mass is 32.2. The molecule has 0 aromatic heterocycles. The second-order valence-corrected chi connectivity index (χ2v) is 7.39. The molecule has 0 amide bonds. The highest BCUT2D eigenvalue weighted by Crippen LogP contribution is 2.27. The predicted octanol–water partition coefficient (Wildman–Crippen LogP) is 2.42. The number of carboxylic acid groups (broad SMARTS) is 1. The maximum Gasteiger partial charge on any atom is 0.338 e. The average Bonchev–Trinajstić information content (AvgIpc) is 2.61. The molecular formula is C18H18O7S. The number of carbonyl (C=O) groups excluding carboxylic acids is 1. The summed E-state index contributed by atoms with van der Waals surface area (Å²) in [7, 11) is -3.95. The van der Waals surface area contributed by atoms with Gasteiger partial charge in [0.25, 0.3) is 0 Å². The van der Waals surface area contributed by atoms with Crippen molar-refractivity contribution in [2.75, 3.05) is 6.61 Å². The third-order valence-electron chi connectivity index (χ3n) is 3.62. The van der Waals surface area contributed by atoms with Gasteiger partial charge in [-0.2, -0.15) is 0 Å². The molecule has 0 aliphatic carbocycles. The van der Waals surface area contributed by atoms with Crippen molar-refractivity contribution in [1.29, 1.82) is 0 Å². The molecule has 0 saturated heterocycles. The number of aryl methyl sites for hydroxylation is 1. The molecule has 2 rings (SSSR count). The van der Waals surface area contributed by atoms with Crippen molar-refractivity contribution < 1.29 is 33.0 Å². The van der Waals surface area contributed by atoms with Crippen molar-refractivity contribution in [3.63, 3.8) is 0 Å². The third-order valence-corrected chi connectivity index (χ3v) is 5.37. The van der Waals surface area contributed by atoms with Crippen LogP contribution in [0.2, 0.25) is 0 Å². The Kier molecular flexibility index (Phi) is 5.99. The molecule has 0 atom stereocenters. The van der Waals surface area contributed by atoms with Crippen molar-refractivity contribution in [3.05, 3.63) is 53.6 Å². The van der Waals surface area contributed by atoms with Gasteiger partial charge in [-0.25, -0.2) is 13.2 Å². The number of hydrogen-bond donors (Lipinski definition) is 2. The minimum absolute atomic E-state index is 0.00656. The molecule has 2 aromatic carbocycles. The van der Waals surface area contributed by atoms with Crippen LogP contribution in [0.15, 0.2) is 52.3 Å². The highest BCUT2D eigenvalue weighted by molar-refractivity contribution is 7.91. The molecule has 26 heavy (non-hydrogen) atoms. The Labute approximate surface area is 150 Å². The Morgan fingerprint density at radius 3 is 2.42 bits per heavy atom. The largest absolute Gasteiger partial charge is 0.508 e. The average molecular weight is 378 g/mol. The summed E-state index contributed by atoms with van der Waals surface area (Å²) >= 11 is 0. The highest BCUT2D eigenvalue weighted by Gasteiger charge is 2.21. The maximum atomic E-state index is 12.8. The standard InChI is InChI=1S/C18H18O7S/c1-2-25-18(22)13-4-3-5-14(11-13)26(23,24)15-7-8-16(19)12(10-15)6-9-17(20)21/h3-5,7-8,10-11,19H,2,6,9H2,1H3,(H,20,21). The van der Waals surface area contributed by atoms with Crippen molar-refractivity contribution >= 4 is 21.8 Å². The number of sulfone groups is 1. The molecule has 2 N–H and O–H groups in total. The Hall–Kier alpha value is -2.87. The summed E-state index contributed by atoms with van der Waals surface area (Å²) in [6, 6.07) is 9.13. The Morgan fingerprint density at radius 2 is 1.77 bits per heavy atom. The zero-order valence-electron chi connectivity index (χ0n) is 14.0. The lowest BCUT2D eigenvalue weighted by Crippen LogP contribution is -2.08. The van der Waals surface area contributed by atoms with Gasteiger partial charge in [0.1, 0.15) is 5.75 Å². The number of hydrogen-bond acceptors (Lipinski definition) is 6. The van der Waals surface area contributed by atoms with Gasteiger partial charge in [-0.15, -0.1) is 0 Å². The van der Waals surface area contributed by atoms with Gasteiger partial charge in [-0.3, -0.25) is 4.79 Å². The summed E-state index contributed by atoms with van der Waals surface area (Å²) in [5.74, 6) is -1.86. The van der Waals surface area contributed by atoms with Crippen LogP contribution in [0.4, 0.5) is 0 Å². The van der Waals surface area contributed by atoms with Crippen LogP contribution in [-0.2, 0) is 25.8 Å². The van der Waals surface area contributed by atoms with Crippen LogP contribution in [0, 0.1) is 0 Å². The number of aromatic hydroxyl groups is 1. The van der Waals surface area contributed by atoms with E-state index >= 15 is 0 Å². The van der Waals surface area contributed by atoms with Gasteiger partial charge >= 0.3 is 11.9 Å². The van der Waals surface area contributed by atoms with E-state index in [4.69, 9.17) is 9.84 Å². The molecule has 138 valence electrons. The van der Waals surface area contributed by atoms with Crippen molar-refractivity contribution in [2.24, 2.45) is 0 Å². The number of phenolic OH excluding ortho intramolecular Hbond substituents is 1. The van der Waals surface area contributed by atoms with Crippen LogP contribution in [0.5, 0.6) is 5.75 Å². The topological polar surface area (TPSA) is 118 Å². The first-order chi connectivity index (χ1) is 12.3. The maximum absolute atomic E-state index is 12.8. The first-order valence-corrected chi connectivity index (χ1v) is 9.30. The van der Waals surface area contributed by atoms with Gasteiger partial charge in [0.15, 0.2) is 0 Å². The van der Waals surface area contributed by atoms with Crippen LogP contribution in [0.25, 0.3) is 0 Å². The molecular weight excluding hydrogens is 360 g/mol. The Bertz CT molecular complexity index is 932. The number of aliphatic carboxylic acids is 1. The molecule has 0 aliphatic rings. The van der Waals surface area contributed by atoms with Crippen molar-refractivity contribution in [3.8, 4) is 5.75 Å². The van der Waals surface area contributed by atoms with Crippen LogP contribution < -0.4 is 0 Å². The van der Waals surface area contributed by atoms with E-state index in [-0.39, 0.29) is 46.1 Å². The van der Waals surface area contributed by atoms with Gasteiger partial charge in [0.05, 0.1) is 22.0 Å². The van der Waals surface area contributed by atoms with Gasteiger partial charge in [0, 0.05) is 6.42 Å². The fourth-order valence-electron chi connectivity index (χ4n) is 2.31. The normalized spacial score (nSPS) is 11.1. The van der Waals surface area contributed by atoms with Crippen LogP contribution in [0.1, 0.15) is 29.3 Å². The fraction of sp³-hybridized carbons (Fsp3) is 0.222. The number of phenols is 1. The summed E-state index contributed by atoms with van der Waals surface area (Å²) in [5.41, 5.74) is 0.327. The van der Waals surface area contributed by atoms with Crippen molar-refractivity contribution in [2.45, 2.75) is 29.6 Å². The van der Waals surface area contributed by atoms with Gasteiger partial charge in [-0.1, -0.05) is 6.07 Å². The smallest absolute Gasteiger partial charge is 0.338 e. The predicted molar refractivity (Wildman–Crippen MR) is 91.9 cm³/mol. The number of ether oxygens (including phenoxy) is 1. The zero-order chi connectivity index (χ0) is 19.3. The SMILES string of the molecule is CCOC(=O)c1cccc(S(=O)(=O)c2ccc(O)c(CCC(=O)O)c2)c1. The molecule has 0 unspecified atom stereocenters. The lowest BCUT2D eigenvalue weighted by molar-refractivity contribution is -0.136. The molecule has 0 bridgehead atoms. The number of rotatable bonds is 7.